The van der Waals surface area contributed by atoms with Gasteiger partial charge in [0.2, 0.25) is 11.9 Å². The lowest BCUT2D eigenvalue weighted by atomic mass is 9.93. The minimum Gasteiger partial charge on any atom is -0.497 e. The molecule has 0 bridgehead atoms. The van der Waals surface area contributed by atoms with Crippen molar-refractivity contribution in [2.24, 2.45) is 5.92 Å². The van der Waals surface area contributed by atoms with Crippen LogP contribution in [0.5, 0.6) is 5.75 Å². The fourth-order valence-corrected chi connectivity index (χ4v) is 4.67. The third-order valence-electron chi connectivity index (χ3n) is 6.46. The van der Waals surface area contributed by atoms with E-state index in [-0.39, 0.29) is 5.91 Å². The highest BCUT2D eigenvalue weighted by Crippen LogP contribution is 2.27. The second-order valence-electron chi connectivity index (χ2n) is 8.98. The number of nitrogens with zero attached hydrogens (tertiary/aromatic N) is 4. The van der Waals surface area contributed by atoms with Gasteiger partial charge in [0, 0.05) is 50.9 Å². The summed E-state index contributed by atoms with van der Waals surface area (Å²) in [5.74, 6) is 3.34. The summed E-state index contributed by atoms with van der Waals surface area (Å²) in [4.78, 5) is 26.7. The van der Waals surface area contributed by atoms with E-state index in [0.29, 0.717) is 18.9 Å². The predicted octanol–water partition coefficient (Wildman–Crippen LogP) is 3.71. The summed E-state index contributed by atoms with van der Waals surface area (Å²) in [5.41, 5.74) is 2.07. The zero-order valence-corrected chi connectivity index (χ0v) is 19.3. The molecule has 2 saturated heterocycles. The number of aromatic nitrogens is 2. The lowest BCUT2D eigenvalue weighted by molar-refractivity contribution is -0.121. The monoisotopic (exact) mass is 437 g/mol. The Labute approximate surface area is 191 Å². The normalized spacial score (nSPS) is 18.6. The molecular formula is C25H35N5O2. The average molecular weight is 438 g/mol. The highest BCUT2D eigenvalue weighted by Gasteiger charge is 2.23. The van der Waals surface area contributed by atoms with Crippen molar-refractivity contribution in [1.82, 2.24) is 15.3 Å². The van der Waals surface area contributed by atoms with Crippen LogP contribution < -0.4 is 19.9 Å². The molecule has 0 unspecified atom stereocenters. The van der Waals surface area contributed by atoms with Crippen molar-refractivity contribution >= 4 is 17.7 Å². The van der Waals surface area contributed by atoms with Crippen molar-refractivity contribution in [3.8, 4) is 5.75 Å². The lowest BCUT2D eigenvalue weighted by Crippen LogP contribution is -2.37. The van der Waals surface area contributed by atoms with Gasteiger partial charge in [-0.2, -0.15) is 4.98 Å². The molecule has 1 aromatic heterocycles. The molecule has 7 nitrogen and oxygen atoms in total. The number of amides is 1. The van der Waals surface area contributed by atoms with E-state index in [1.54, 1.807) is 7.11 Å². The fraction of sp³-hybridized carbons (Fsp3) is 0.560. The Kier molecular flexibility index (Phi) is 7.45. The van der Waals surface area contributed by atoms with Gasteiger partial charge in [-0.05, 0) is 62.6 Å². The van der Waals surface area contributed by atoms with Crippen LogP contribution in [0.25, 0.3) is 0 Å². The number of hydrogen-bond acceptors (Lipinski definition) is 6. The van der Waals surface area contributed by atoms with Gasteiger partial charge in [0.15, 0.2) is 0 Å². The first-order chi connectivity index (χ1) is 15.6. The Morgan fingerprint density at radius 3 is 2.75 bits per heavy atom. The molecule has 2 aliphatic heterocycles. The zero-order chi connectivity index (χ0) is 22.3. The molecule has 0 spiro atoms. The molecule has 0 aliphatic carbocycles. The van der Waals surface area contributed by atoms with Gasteiger partial charge in [0.1, 0.15) is 11.6 Å². The van der Waals surface area contributed by atoms with Gasteiger partial charge < -0.3 is 19.9 Å². The Morgan fingerprint density at radius 1 is 1.12 bits per heavy atom. The quantitative estimate of drug-likeness (QED) is 0.679. The van der Waals surface area contributed by atoms with Crippen molar-refractivity contribution in [1.29, 1.82) is 0 Å². The zero-order valence-electron chi connectivity index (χ0n) is 19.3. The van der Waals surface area contributed by atoms with Crippen molar-refractivity contribution in [2.45, 2.75) is 52.0 Å². The molecule has 7 heteroatoms. The molecular weight excluding hydrogens is 402 g/mol. The van der Waals surface area contributed by atoms with Gasteiger partial charge in [0.25, 0.3) is 0 Å². The summed E-state index contributed by atoms with van der Waals surface area (Å²) in [7, 11) is 1.65. The Hall–Kier alpha value is -2.83. The van der Waals surface area contributed by atoms with Crippen LogP contribution in [0.15, 0.2) is 30.3 Å². The van der Waals surface area contributed by atoms with Gasteiger partial charge >= 0.3 is 0 Å². The van der Waals surface area contributed by atoms with Crippen molar-refractivity contribution in [3.63, 3.8) is 0 Å². The second-order valence-corrected chi connectivity index (χ2v) is 8.98. The van der Waals surface area contributed by atoms with E-state index >= 15 is 0 Å². The minimum atomic E-state index is 0.110. The summed E-state index contributed by atoms with van der Waals surface area (Å²) in [6.07, 6.45) is 6.21. The van der Waals surface area contributed by atoms with Crippen LogP contribution in [0.4, 0.5) is 11.8 Å². The van der Waals surface area contributed by atoms with Crippen molar-refractivity contribution in [2.75, 3.05) is 43.1 Å². The van der Waals surface area contributed by atoms with Crippen LogP contribution in [0.2, 0.25) is 0 Å². The van der Waals surface area contributed by atoms with E-state index in [4.69, 9.17) is 9.72 Å². The number of rotatable bonds is 8. The summed E-state index contributed by atoms with van der Waals surface area (Å²) >= 11 is 0. The summed E-state index contributed by atoms with van der Waals surface area (Å²) in [6.45, 7) is 6.67. The van der Waals surface area contributed by atoms with E-state index in [2.05, 4.69) is 33.1 Å². The van der Waals surface area contributed by atoms with Crippen molar-refractivity contribution < 1.29 is 9.53 Å². The highest BCUT2D eigenvalue weighted by atomic mass is 16.5. The lowest BCUT2D eigenvalue weighted by Gasteiger charge is -2.34. The number of piperidine rings is 1. The van der Waals surface area contributed by atoms with E-state index in [9.17, 15) is 4.79 Å². The number of carbonyl (C=O) groups excluding carboxylic acids is 1. The van der Waals surface area contributed by atoms with E-state index in [0.717, 1.165) is 67.8 Å². The number of carbonyl (C=O) groups is 1. The molecule has 4 rings (SSSR count). The van der Waals surface area contributed by atoms with Crippen LogP contribution in [0.1, 0.15) is 49.8 Å². The maximum atomic E-state index is 12.4. The molecule has 1 amide bonds. The van der Waals surface area contributed by atoms with E-state index in [1.807, 2.05) is 24.3 Å². The predicted molar refractivity (Wildman–Crippen MR) is 127 cm³/mol. The van der Waals surface area contributed by atoms with Gasteiger partial charge in [0.05, 0.1) is 7.11 Å². The number of ether oxygens (including phenoxy) is 1. The minimum absolute atomic E-state index is 0.110. The Bertz CT molecular complexity index is 913. The highest BCUT2D eigenvalue weighted by molar-refractivity contribution is 5.75. The van der Waals surface area contributed by atoms with Crippen LogP contribution in [-0.2, 0) is 11.3 Å². The largest absolute Gasteiger partial charge is 0.497 e. The second kappa shape index (κ2) is 10.7. The third kappa shape index (κ3) is 5.90. The van der Waals surface area contributed by atoms with Crippen LogP contribution in [0, 0.1) is 12.8 Å². The van der Waals surface area contributed by atoms with Crippen LogP contribution in [-0.4, -0.2) is 49.2 Å². The molecule has 2 fully saturated rings. The molecule has 1 atom stereocenters. The first-order valence-corrected chi connectivity index (χ1v) is 11.9. The van der Waals surface area contributed by atoms with Gasteiger partial charge in [-0.1, -0.05) is 12.1 Å². The Morgan fingerprint density at radius 2 is 1.94 bits per heavy atom. The van der Waals surface area contributed by atoms with Gasteiger partial charge in [-0.25, -0.2) is 4.98 Å². The fourth-order valence-electron chi connectivity index (χ4n) is 4.67. The number of aryl methyl sites for hydroxylation is 1. The molecule has 1 aromatic carbocycles. The number of benzene rings is 1. The van der Waals surface area contributed by atoms with Crippen LogP contribution >= 0.6 is 0 Å². The molecule has 32 heavy (non-hydrogen) atoms. The van der Waals surface area contributed by atoms with Gasteiger partial charge in [-0.15, -0.1) is 0 Å². The molecule has 2 aliphatic rings. The maximum absolute atomic E-state index is 12.4. The topological polar surface area (TPSA) is 70.6 Å². The summed E-state index contributed by atoms with van der Waals surface area (Å²) in [6, 6.07) is 9.92. The number of nitrogens with one attached hydrogen (secondary N) is 1. The van der Waals surface area contributed by atoms with Crippen LogP contribution in [0.3, 0.4) is 0 Å². The first kappa shape index (κ1) is 22.4. The standard InChI is InChI=1S/C25H35N5O2/c1-19-15-23(28-25(27-19)29-12-3-4-13-29)30-14-6-8-20(18-30)10-11-24(31)26-17-21-7-5-9-22(16-21)32-2/h5,7,9,15-16,20H,3-4,6,8,10-14,17-18H2,1-2H3,(H,26,31)/t20-/m0/s1. The molecule has 1 N–H and O–H groups in total. The molecule has 0 saturated carbocycles. The molecule has 2 aromatic rings. The Balaban J connectivity index is 1.28. The van der Waals surface area contributed by atoms with Crippen molar-refractivity contribution in [3.05, 3.63) is 41.6 Å². The average Bonchev–Trinajstić information content (AvgIpc) is 3.36. The molecule has 3 heterocycles. The van der Waals surface area contributed by atoms with E-state index in [1.165, 1.54) is 19.3 Å². The SMILES string of the molecule is COc1cccc(CNC(=O)CC[C@@H]2CCCN(c3cc(C)nc(N4CCCC4)n3)C2)c1. The summed E-state index contributed by atoms with van der Waals surface area (Å²) in [5, 5.41) is 3.04. The van der Waals surface area contributed by atoms with E-state index < -0.39 is 0 Å². The number of methoxy groups -OCH3 is 1. The maximum Gasteiger partial charge on any atom is 0.227 e. The molecule has 172 valence electrons. The third-order valence-corrected chi connectivity index (χ3v) is 6.46. The summed E-state index contributed by atoms with van der Waals surface area (Å²) < 4.78 is 5.25. The number of hydrogen-bond donors (Lipinski definition) is 1. The smallest absolute Gasteiger partial charge is 0.227 e. The molecule has 0 radical (unpaired) electrons. The van der Waals surface area contributed by atoms with Gasteiger partial charge in [-0.3, -0.25) is 4.79 Å². The number of anilines is 2. The first-order valence-electron chi connectivity index (χ1n) is 11.9.